The van der Waals surface area contributed by atoms with E-state index in [4.69, 9.17) is 4.74 Å². The molecule has 0 radical (unpaired) electrons. The predicted molar refractivity (Wildman–Crippen MR) is 108 cm³/mol. The van der Waals surface area contributed by atoms with Gasteiger partial charge in [0.1, 0.15) is 0 Å². The number of para-hydroxylation sites is 1. The van der Waals surface area contributed by atoms with Gasteiger partial charge in [-0.15, -0.1) is 5.10 Å². The lowest BCUT2D eigenvalue weighted by Gasteiger charge is -2.22. The molecule has 0 fully saturated rings. The zero-order chi connectivity index (χ0) is 20.2. The normalized spacial score (nSPS) is 15.4. The zero-order valence-corrected chi connectivity index (χ0v) is 15.6. The number of rotatable bonds is 4. The second kappa shape index (κ2) is 7.93. The summed E-state index contributed by atoms with van der Waals surface area (Å²) in [6.45, 7) is 1.41. The first-order valence-corrected chi connectivity index (χ1v) is 9.04. The number of hydrogen-bond donors (Lipinski definition) is 1. The van der Waals surface area contributed by atoms with E-state index in [2.05, 4.69) is 15.4 Å². The van der Waals surface area contributed by atoms with Crippen molar-refractivity contribution in [3.63, 3.8) is 0 Å². The number of hydrogen-bond acceptors (Lipinski definition) is 5. The quantitative estimate of drug-likeness (QED) is 0.743. The molecule has 7 heteroatoms. The van der Waals surface area contributed by atoms with E-state index >= 15 is 0 Å². The van der Waals surface area contributed by atoms with Gasteiger partial charge in [0.25, 0.3) is 5.91 Å². The van der Waals surface area contributed by atoms with Crippen LogP contribution < -0.4 is 5.32 Å². The molecule has 0 saturated carbocycles. The minimum Gasteiger partial charge on any atom is -0.446 e. The Hall–Kier alpha value is -4.00. The van der Waals surface area contributed by atoms with E-state index in [-0.39, 0.29) is 11.8 Å². The van der Waals surface area contributed by atoms with Gasteiger partial charge in [-0.25, -0.2) is 0 Å². The first kappa shape index (κ1) is 18.4. The van der Waals surface area contributed by atoms with Crippen molar-refractivity contribution in [1.29, 1.82) is 0 Å². The number of nitrogens with zero attached hydrogens (tertiary/aromatic N) is 3. The number of aromatic nitrogens is 1. The fourth-order valence-electron chi connectivity index (χ4n) is 2.99. The number of ether oxygens (including phenoxy) is 1. The zero-order valence-electron chi connectivity index (χ0n) is 15.6. The highest BCUT2D eigenvalue weighted by Crippen LogP contribution is 2.34. The van der Waals surface area contributed by atoms with Gasteiger partial charge < -0.3 is 10.1 Å². The summed E-state index contributed by atoms with van der Waals surface area (Å²) in [5.41, 5.74) is 2.35. The highest BCUT2D eigenvalue weighted by Gasteiger charge is 2.34. The molecule has 7 nitrogen and oxygen atoms in total. The summed E-state index contributed by atoms with van der Waals surface area (Å²) in [5.74, 6) is -0.237. The number of amides is 2. The Labute approximate surface area is 167 Å². The van der Waals surface area contributed by atoms with Crippen molar-refractivity contribution in [2.24, 2.45) is 5.10 Å². The van der Waals surface area contributed by atoms with E-state index in [1.54, 1.807) is 67.0 Å². The standard InChI is InChI=1S/C22H18N4O3/c1-15(27)26-22(29-21(25-26)17-10-7-13-23-14-17)18-11-5-6-12-19(18)24-20(28)16-8-3-2-4-9-16/h2-14,22H,1H3,(H,24,28). The fourth-order valence-corrected chi connectivity index (χ4v) is 2.99. The van der Waals surface area contributed by atoms with Gasteiger partial charge in [-0.1, -0.05) is 36.4 Å². The molecular weight excluding hydrogens is 368 g/mol. The van der Waals surface area contributed by atoms with Crippen LogP contribution in [-0.4, -0.2) is 27.7 Å². The molecule has 1 aliphatic rings. The summed E-state index contributed by atoms with van der Waals surface area (Å²) in [5, 5.41) is 8.48. The van der Waals surface area contributed by atoms with Gasteiger partial charge in [-0.2, -0.15) is 5.01 Å². The van der Waals surface area contributed by atoms with Crippen LogP contribution in [0.1, 0.15) is 34.6 Å². The van der Waals surface area contributed by atoms with Crippen molar-refractivity contribution in [2.45, 2.75) is 13.2 Å². The Morgan fingerprint density at radius 2 is 1.76 bits per heavy atom. The first-order chi connectivity index (χ1) is 14.1. The Balaban J connectivity index is 1.64. The third kappa shape index (κ3) is 3.84. The summed E-state index contributed by atoms with van der Waals surface area (Å²) in [6, 6.07) is 19.7. The number of carbonyl (C=O) groups excluding carboxylic acids is 2. The lowest BCUT2D eigenvalue weighted by atomic mass is 10.1. The van der Waals surface area contributed by atoms with Crippen molar-refractivity contribution in [3.8, 4) is 0 Å². The molecule has 4 rings (SSSR count). The van der Waals surface area contributed by atoms with Crippen LogP contribution in [-0.2, 0) is 9.53 Å². The van der Waals surface area contributed by atoms with E-state index in [0.29, 0.717) is 28.3 Å². The molecule has 1 atom stereocenters. The van der Waals surface area contributed by atoms with Gasteiger partial charge in [-0.05, 0) is 30.3 Å². The van der Waals surface area contributed by atoms with Crippen molar-refractivity contribution >= 4 is 23.4 Å². The van der Waals surface area contributed by atoms with Crippen LogP contribution in [0.3, 0.4) is 0 Å². The second-order valence-electron chi connectivity index (χ2n) is 6.39. The average Bonchev–Trinajstić information content (AvgIpc) is 3.21. The van der Waals surface area contributed by atoms with Crippen LogP contribution in [0, 0.1) is 0 Å². The Kier molecular flexibility index (Phi) is 5.03. The lowest BCUT2D eigenvalue weighted by Crippen LogP contribution is -2.26. The number of carbonyl (C=O) groups is 2. The average molecular weight is 386 g/mol. The van der Waals surface area contributed by atoms with Gasteiger partial charge in [0.15, 0.2) is 0 Å². The summed E-state index contributed by atoms with van der Waals surface area (Å²) in [7, 11) is 0. The predicted octanol–water partition coefficient (Wildman–Crippen LogP) is 3.57. The van der Waals surface area contributed by atoms with Gasteiger partial charge in [0.2, 0.25) is 18.0 Å². The molecule has 0 saturated heterocycles. The molecule has 1 N–H and O–H groups in total. The molecule has 3 aromatic rings. The SMILES string of the molecule is CC(=O)N1N=C(c2cccnc2)OC1c1ccccc1NC(=O)c1ccccc1. The maximum absolute atomic E-state index is 12.6. The molecule has 1 aromatic heterocycles. The van der Waals surface area contributed by atoms with Crippen LogP contribution in [0.4, 0.5) is 5.69 Å². The highest BCUT2D eigenvalue weighted by atomic mass is 16.5. The number of pyridine rings is 1. The van der Waals surface area contributed by atoms with Crippen LogP contribution in [0.5, 0.6) is 0 Å². The molecule has 2 aromatic carbocycles. The van der Waals surface area contributed by atoms with Crippen LogP contribution in [0.15, 0.2) is 84.2 Å². The third-order valence-corrected chi connectivity index (χ3v) is 4.39. The second-order valence-corrected chi connectivity index (χ2v) is 6.39. The molecule has 2 heterocycles. The summed E-state index contributed by atoms with van der Waals surface area (Å²) in [4.78, 5) is 28.9. The van der Waals surface area contributed by atoms with Gasteiger partial charge in [0.05, 0.1) is 5.56 Å². The monoisotopic (exact) mass is 386 g/mol. The molecule has 144 valence electrons. The molecule has 1 aliphatic heterocycles. The molecule has 1 unspecified atom stereocenters. The maximum atomic E-state index is 12.6. The van der Waals surface area contributed by atoms with E-state index in [1.165, 1.54) is 11.9 Å². The molecule has 0 aliphatic carbocycles. The van der Waals surface area contributed by atoms with Crippen molar-refractivity contribution in [3.05, 3.63) is 95.8 Å². The van der Waals surface area contributed by atoms with Crippen molar-refractivity contribution < 1.29 is 14.3 Å². The number of anilines is 1. The van der Waals surface area contributed by atoms with E-state index in [1.807, 2.05) is 12.1 Å². The minimum atomic E-state index is -0.796. The summed E-state index contributed by atoms with van der Waals surface area (Å²) >= 11 is 0. The Morgan fingerprint density at radius 3 is 2.48 bits per heavy atom. The van der Waals surface area contributed by atoms with E-state index < -0.39 is 6.23 Å². The van der Waals surface area contributed by atoms with Gasteiger partial charge in [-0.3, -0.25) is 14.6 Å². The van der Waals surface area contributed by atoms with Crippen molar-refractivity contribution in [2.75, 3.05) is 5.32 Å². The van der Waals surface area contributed by atoms with E-state index in [0.717, 1.165) is 0 Å². The number of benzene rings is 2. The van der Waals surface area contributed by atoms with Crippen LogP contribution >= 0.6 is 0 Å². The maximum Gasteiger partial charge on any atom is 0.255 e. The summed E-state index contributed by atoms with van der Waals surface area (Å²) < 4.78 is 6.00. The number of hydrazone groups is 1. The Morgan fingerprint density at radius 1 is 1.00 bits per heavy atom. The van der Waals surface area contributed by atoms with E-state index in [9.17, 15) is 9.59 Å². The largest absolute Gasteiger partial charge is 0.446 e. The third-order valence-electron chi connectivity index (χ3n) is 4.39. The fraction of sp³-hybridized carbons (Fsp3) is 0.0909. The topological polar surface area (TPSA) is 83.9 Å². The minimum absolute atomic E-state index is 0.251. The highest BCUT2D eigenvalue weighted by molar-refractivity contribution is 6.04. The number of nitrogens with one attached hydrogen (secondary N) is 1. The van der Waals surface area contributed by atoms with Crippen LogP contribution in [0.2, 0.25) is 0 Å². The summed E-state index contributed by atoms with van der Waals surface area (Å²) in [6.07, 6.45) is 2.46. The molecule has 29 heavy (non-hydrogen) atoms. The van der Waals surface area contributed by atoms with Crippen molar-refractivity contribution in [1.82, 2.24) is 9.99 Å². The lowest BCUT2D eigenvalue weighted by molar-refractivity contribution is -0.135. The Bertz CT molecular complexity index is 1070. The molecule has 0 spiro atoms. The molecule has 0 bridgehead atoms. The molecular formula is C22H18N4O3. The van der Waals surface area contributed by atoms with Crippen LogP contribution in [0.25, 0.3) is 0 Å². The van der Waals surface area contributed by atoms with Gasteiger partial charge >= 0.3 is 0 Å². The van der Waals surface area contributed by atoms with Gasteiger partial charge in [0, 0.05) is 36.1 Å². The molecule has 2 amide bonds. The smallest absolute Gasteiger partial charge is 0.255 e. The first-order valence-electron chi connectivity index (χ1n) is 9.04.